The Morgan fingerprint density at radius 2 is 1.90 bits per heavy atom. The molecule has 20 heavy (non-hydrogen) atoms. The van der Waals surface area contributed by atoms with E-state index in [1.807, 2.05) is 4.90 Å². The molecule has 0 aromatic rings. The highest BCUT2D eigenvalue weighted by atomic mass is 16.4. The molecule has 1 heterocycles. The van der Waals surface area contributed by atoms with Crippen molar-refractivity contribution in [2.45, 2.75) is 46.1 Å². The van der Waals surface area contributed by atoms with Crippen molar-refractivity contribution in [2.24, 2.45) is 16.8 Å². The first-order valence-corrected chi connectivity index (χ1v) is 7.48. The van der Waals surface area contributed by atoms with E-state index < -0.39 is 0 Å². The molecule has 1 aliphatic heterocycles. The summed E-state index contributed by atoms with van der Waals surface area (Å²) >= 11 is 0. The van der Waals surface area contributed by atoms with E-state index in [0.717, 1.165) is 39.0 Å². The van der Waals surface area contributed by atoms with Crippen LogP contribution in [0, 0.1) is 5.92 Å². The SMILES string of the molecule is CCCC(C(N)=NO)N1CCN(C(=O)CC(C)C)CC1. The first-order valence-electron chi connectivity index (χ1n) is 7.48. The van der Waals surface area contributed by atoms with E-state index >= 15 is 0 Å². The molecule has 0 radical (unpaired) electrons. The number of amidine groups is 1. The lowest BCUT2D eigenvalue weighted by molar-refractivity contribution is -0.133. The van der Waals surface area contributed by atoms with Crippen LogP contribution in [-0.4, -0.2) is 59.0 Å². The summed E-state index contributed by atoms with van der Waals surface area (Å²) in [6, 6.07) is -0.0210. The molecular weight excluding hydrogens is 256 g/mol. The number of hydrogen-bond donors (Lipinski definition) is 2. The summed E-state index contributed by atoms with van der Waals surface area (Å²) in [6.07, 6.45) is 2.46. The van der Waals surface area contributed by atoms with Gasteiger partial charge in [-0.3, -0.25) is 9.69 Å². The number of nitrogens with zero attached hydrogens (tertiary/aromatic N) is 3. The van der Waals surface area contributed by atoms with Crippen LogP contribution in [0.5, 0.6) is 0 Å². The number of rotatable bonds is 6. The van der Waals surface area contributed by atoms with Crippen LogP contribution in [0.25, 0.3) is 0 Å². The molecule has 1 rings (SSSR count). The molecule has 1 atom stereocenters. The molecule has 1 aliphatic rings. The van der Waals surface area contributed by atoms with Gasteiger partial charge in [-0.15, -0.1) is 0 Å². The number of carbonyl (C=O) groups excluding carboxylic acids is 1. The first-order chi connectivity index (χ1) is 9.49. The maximum Gasteiger partial charge on any atom is 0.222 e. The van der Waals surface area contributed by atoms with Crippen LogP contribution in [0.1, 0.15) is 40.0 Å². The minimum atomic E-state index is -0.0210. The number of oxime groups is 1. The molecule has 0 aliphatic carbocycles. The molecule has 1 fully saturated rings. The zero-order valence-electron chi connectivity index (χ0n) is 12.9. The average Bonchev–Trinajstić information content (AvgIpc) is 2.43. The van der Waals surface area contributed by atoms with Crippen molar-refractivity contribution in [1.82, 2.24) is 9.80 Å². The summed E-state index contributed by atoms with van der Waals surface area (Å²) in [7, 11) is 0. The van der Waals surface area contributed by atoms with E-state index in [1.165, 1.54) is 0 Å². The van der Waals surface area contributed by atoms with Gasteiger partial charge in [0, 0.05) is 32.6 Å². The molecule has 1 unspecified atom stereocenters. The summed E-state index contributed by atoms with van der Waals surface area (Å²) in [5.41, 5.74) is 5.77. The van der Waals surface area contributed by atoms with E-state index in [4.69, 9.17) is 10.9 Å². The fourth-order valence-electron chi connectivity index (χ4n) is 2.62. The molecule has 6 nitrogen and oxygen atoms in total. The molecule has 0 aromatic carbocycles. The van der Waals surface area contributed by atoms with E-state index in [9.17, 15) is 4.79 Å². The largest absolute Gasteiger partial charge is 0.409 e. The lowest BCUT2D eigenvalue weighted by Crippen LogP contribution is -2.55. The van der Waals surface area contributed by atoms with Gasteiger partial charge in [0.1, 0.15) is 0 Å². The topological polar surface area (TPSA) is 82.2 Å². The van der Waals surface area contributed by atoms with Gasteiger partial charge in [-0.2, -0.15) is 0 Å². The number of piperazine rings is 1. The van der Waals surface area contributed by atoms with E-state index in [-0.39, 0.29) is 17.8 Å². The van der Waals surface area contributed by atoms with Gasteiger partial charge in [-0.05, 0) is 12.3 Å². The van der Waals surface area contributed by atoms with Crippen molar-refractivity contribution >= 4 is 11.7 Å². The van der Waals surface area contributed by atoms with Crippen LogP contribution < -0.4 is 5.73 Å². The Labute approximate surface area is 121 Å². The van der Waals surface area contributed by atoms with Gasteiger partial charge >= 0.3 is 0 Å². The number of carbonyl (C=O) groups is 1. The first kappa shape index (κ1) is 16.8. The summed E-state index contributed by atoms with van der Waals surface area (Å²) in [4.78, 5) is 16.1. The van der Waals surface area contributed by atoms with Gasteiger partial charge < -0.3 is 15.8 Å². The van der Waals surface area contributed by atoms with Crippen LogP contribution in [0.15, 0.2) is 5.16 Å². The summed E-state index contributed by atoms with van der Waals surface area (Å²) in [5.74, 6) is 0.898. The van der Waals surface area contributed by atoms with Crippen LogP contribution >= 0.6 is 0 Å². The van der Waals surface area contributed by atoms with Crippen molar-refractivity contribution in [2.75, 3.05) is 26.2 Å². The highest BCUT2D eigenvalue weighted by molar-refractivity contribution is 5.85. The Morgan fingerprint density at radius 1 is 1.30 bits per heavy atom. The quantitative estimate of drug-likeness (QED) is 0.331. The minimum absolute atomic E-state index is 0.0210. The number of amides is 1. The van der Waals surface area contributed by atoms with Crippen molar-refractivity contribution in [3.63, 3.8) is 0 Å². The second-order valence-electron chi connectivity index (χ2n) is 5.84. The molecule has 0 spiro atoms. The third kappa shape index (κ3) is 4.67. The molecule has 3 N–H and O–H groups in total. The highest BCUT2D eigenvalue weighted by Crippen LogP contribution is 2.13. The second-order valence-corrected chi connectivity index (χ2v) is 5.84. The zero-order chi connectivity index (χ0) is 15.1. The van der Waals surface area contributed by atoms with Gasteiger partial charge in [0.05, 0.1) is 6.04 Å². The Bertz CT molecular complexity index is 336. The number of nitrogens with two attached hydrogens (primary N) is 1. The van der Waals surface area contributed by atoms with Gasteiger partial charge in [0.2, 0.25) is 5.91 Å². The summed E-state index contributed by atoms with van der Waals surface area (Å²) < 4.78 is 0. The lowest BCUT2D eigenvalue weighted by atomic mass is 10.1. The van der Waals surface area contributed by atoms with E-state index in [0.29, 0.717) is 12.3 Å². The predicted molar refractivity (Wildman–Crippen MR) is 79.7 cm³/mol. The van der Waals surface area contributed by atoms with E-state index in [1.54, 1.807) is 0 Å². The monoisotopic (exact) mass is 284 g/mol. The minimum Gasteiger partial charge on any atom is -0.409 e. The Balaban J connectivity index is 2.53. The van der Waals surface area contributed by atoms with Gasteiger partial charge in [0.25, 0.3) is 0 Å². The smallest absolute Gasteiger partial charge is 0.222 e. The van der Waals surface area contributed by atoms with Gasteiger partial charge in [-0.25, -0.2) is 0 Å². The second kappa shape index (κ2) is 8.09. The third-order valence-electron chi connectivity index (χ3n) is 3.71. The summed E-state index contributed by atoms with van der Waals surface area (Å²) in [5, 5.41) is 12.0. The Hall–Kier alpha value is -1.30. The van der Waals surface area contributed by atoms with Crippen LogP contribution in [-0.2, 0) is 4.79 Å². The van der Waals surface area contributed by atoms with Crippen LogP contribution in [0.4, 0.5) is 0 Å². The molecule has 0 bridgehead atoms. The summed E-state index contributed by atoms with van der Waals surface area (Å²) in [6.45, 7) is 9.22. The normalized spacial score (nSPS) is 19.4. The Morgan fingerprint density at radius 3 is 2.35 bits per heavy atom. The van der Waals surface area contributed by atoms with Crippen LogP contribution in [0.2, 0.25) is 0 Å². The average molecular weight is 284 g/mol. The van der Waals surface area contributed by atoms with Gasteiger partial charge in [-0.1, -0.05) is 32.3 Å². The van der Waals surface area contributed by atoms with Crippen LogP contribution in [0.3, 0.4) is 0 Å². The fourth-order valence-corrected chi connectivity index (χ4v) is 2.62. The van der Waals surface area contributed by atoms with Crippen molar-refractivity contribution in [3.8, 4) is 0 Å². The molecule has 1 amide bonds. The standard InChI is InChI=1S/C14H28N4O2/c1-4-5-12(14(15)16-20)17-6-8-18(9-7-17)13(19)10-11(2)3/h11-12,20H,4-10H2,1-3H3,(H2,15,16). The molecular formula is C14H28N4O2. The maximum atomic E-state index is 12.0. The molecule has 6 heteroatoms. The zero-order valence-corrected chi connectivity index (χ0v) is 12.9. The maximum absolute atomic E-state index is 12.0. The van der Waals surface area contributed by atoms with Crippen molar-refractivity contribution < 1.29 is 10.0 Å². The predicted octanol–water partition coefficient (Wildman–Crippen LogP) is 1.09. The molecule has 116 valence electrons. The number of hydrogen-bond acceptors (Lipinski definition) is 4. The Kier molecular flexibility index (Phi) is 6.78. The van der Waals surface area contributed by atoms with Crippen molar-refractivity contribution in [3.05, 3.63) is 0 Å². The third-order valence-corrected chi connectivity index (χ3v) is 3.71. The van der Waals surface area contributed by atoms with Crippen molar-refractivity contribution in [1.29, 1.82) is 0 Å². The van der Waals surface area contributed by atoms with Gasteiger partial charge in [0.15, 0.2) is 5.84 Å². The molecule has 0 aromatic heterocycles. The fraction of sp³-hybridized carbons (Fsp3) is 0.857. The molecule has 0 saturated carbocycles. The highest BCUT2D eigenvalue weighted by Gasteiger charge is 2.27. The van der Waals surface area contributed by atoms with E-state index in [2.05, 4.69) is 30.8 Å². The molecule has 1 saturated heterocycles. The lowest BCUT2D eigenvalue weighted by Gasteiger charge is -2.39.